The molecule has 0 bridgehead atoms. The van der Waals surface area contributed by atoms with Crippen LogP contribution in [0, 0.1) is 5.82 Å². The Hall–Kier alpha value is -1.09. The summed E-state index contributed by atoms with van der Waals surface area (Å²) in [6.45, 7) is 8.26. The van der Waals surface area contributed by atoms with E-state index < -0.39 is 0 Å². The summed E-state index contributed by atoms with van der Waals surface area (Å²) in [4.78, 5) is 4.58. The number of likely N-dealkylation sites (N-methyl/N-ethyl adjacent to an activating group) is 1. The normalized spacial score (nSPS) is 17.8. The second kappa shape index (κ2) is 5.05. The Labute approximate surface area is 103 Å². The highest BCUT2D eigenvalue weighted by Gasteiger charge is 2.15. The van der Waals surface area contributed by atoms with E-state index >= 15 is 0 Å². The van der Waals surface area contributed by atoms with E-state index in [0.717, 1.165) is 37.4 Å². The van der Waals surface area contributed by atoms with E-state index in [1.807, 2.05) is 0 Å². The van der Waals surface area contributed by atoms with Crippen LogP contribution < -0.4 is 4.90 Å². The van der Waals surface area contributed by atoms with Crippen LogP contribution in [0.2, 0.25) is 0 Å². The molecule has 0 unspecified atom stereocenters. The molecule has 2 rings (SSSR count). The zero-order valence-electron chi connectivity index (χ0n) is 10.9. The smallest absolute Gasteiger partial charge is 0.125 e. The minimum Gasteiger partial charge on any atom is -0.369 e. The first-order valence-corrected chi connectivity index (χ1v) is 6.30. The second-order valence-electron chi connectivity index (χ2n) is 5.19. The van der Waals surface area contributed by atoms with Crippen molar-refractivity contribution in [3.05, 3.63) is 29.6 Å². The lowest BCUT2D eigenvalue weighted by atomic mass is 10.0. The van der Waals surface area contributed by atoms with E-state index in [-0.39, 0.29) is 5.82 Å². The van der Waals surface area contributed by atoms with Crippen LogP contribution in [-0.4, -0.2) is 38.1 Å². The van der Waals surface area contributed by atoms with E-state index in [9.17, 15) is 4.39 Å². The molecule has 0 radical (unpaired) electrons. The minimum atomic E-state index is -0.120. The van der Waals surface area contributed by atoms with Crippen molar-refractivity contribution in [2.75, 3.05) is 38.1 Å². The molecule has 1 aromatic rings. The summed E-state index contributed by atoms with van der Waals surface area (Å²) in [5, 5.41) is 0. The minimum absolute atomic E-state index is 0.120. The lowest BCUT2D eigenvalue weighted by Gasteiger charge is -2.34. The maximum absolute atomic E-state index is 13.6. The van der Waals surface area contributed by atoms with Gasteiger partial charge in [0.15, 0.2) is 0 Å². The van der Waals surface area contributed by atoms with Crippen LogP contribution in [0.4, 0.5) is 10.1 Å². The molecule has 1 saturated heterocycles. The van der Waals surface area contributed by atoms with Crippen molar-refractivity contribution >= 4 is 5.69 Å². The first-order chi connectivity index (χ1) is 8.06. The summed E-state index contributed by atoms with van der Waals surface area (Å²) in [5.74, 6) is 0.252. The monoisotopic (exact) mass is 236 g/mol. The molecule has 0 aromatic heterocycles. The van der Waals surface area contributed by atoms with Crippen LogP contribution in [0.3, 0.4) is 0 Å². The summed E-state index contributed by atoms with van der Waals surface area (Å²) < 4.78 is 13.6. The first kappa shape index (κ1) is 12.4. The molecule has 0 saturated carbocycles. The van der Waals surface area contributed by atoms with Gasteiger partial charge in [0.1, 0.15) is 5.82 Å². The molecule has 0 spiro atoms. The molecule has 0 amide bonds. The highest BCUT2D eigenvalue weighted by atomic mass is 19.1. The maximum atomic E-state index is 13.6. The number of piperazine rings is 1. The van der Waals surface area contributed by atoms with Crippen molar-refractivity contribution in [2.24, 2.45) is 0 Å². The van der Waals surface area contributed by atoms with Crippen molar-refractivity contribution in [1.82, 2.24) is 4.90 Å². The quantitative estimate of drug-likeness (QED) is 0.779. The molecule has 1 heterocycles. The molecule has 0 atom stereocenters. The average Bonchev–Trinajstić information content (AvgIpc) is 2.29. The fourth-order valence-corrected chi connectivity index (χ4v) is 2.18. The predicted octanol–water partition coefficient (Wildman–Crippen LogP) is 2.70. The Morgan fingerprint density at radius 2 is 1.71 bits per heavy atom. The van der Waals surface area contributed by atoms with Gasteiger partial charge in [-0.1, -0.05) is 13.8 Å². The summed E-state index contributed by atoms with van der Waals surface area (Å²) in [7, 11) is 2.13. The number of hydrogen-bond acceptors (Lipinski definition) is 2. The number of rotatable bonds is 2. The number of benzene rings is 1. The third-order valence-electron chi connectivity index (χ3n) is 3.44. The molecule has 0 N–H and O–H groups in total. The van der Waals surface area contributed by atoms with E-state index in [4.69, 9.17) is 0 Å². The topological polar surface area (TPSA) is 6.48 Å². The zero-order chi connectivity index (χ0) is 12.4. The first-order valence-electron chi connectivity index (χ1n) is 6.30. The third kappa shape index (κ3) is 2.97. The van der Waals surface area contributed by atoms with Gasteiger partial charge in [0, 0.05) is 31.9 Å². The molecule has 1 fully saturated rings. The number of anilines is 1. The molecule has 0 aliphatic carbocycles. The summed E-state index contributed by atoms with van der Waals surface area (Å²) in [5.41, 5.74) is 2.11. The molecule has 3 heteroatoms. The number of hydrogen-bond donors (Lipinski definition) is 0. The van der Waals surface area contributed by atoms with Crippen LogP contribution in [0.1, 0.15) is 25.3 Å². The summed E-state index contributed by atoms with van der Waals surface area (Å²) >= 11 is 0. The van der Waals surface area contributed by atoms with Gasteiger partial charge in [-0.25, -0.2) is 4.39 Å². The lowest BCUT2D eigenvalue weighted by molar-refractivity contribution is 0.312. The Balaban J connectivity index is 2.20. The molecule has 94 valence electrons. The molecule has 1 aliphatic heterocycles. The van der Waals surface area contributed by atoms with Crippen LogP contribution in [0.15, 0.2) is 18.2 Å². The molecule has 2 nitrogen and oxygen atoms in total. The van der Waals surface area contributed by atoms with E-state index in [0.29, 0.717) is 5.92 Å². The van der Waals surface area contributed by atoms with E-state index in [2.05, 4.69) is 36.8 Å². The van der Waals surface area contributed by atoms with E-state index in [1.165, 1.54) is 0 Å². The van der Waals surface area contributed by atoms with Crippen LogP contribution in [-0.2, 0) is 0 Å². The third-order valence-corrected chi connectivity index (χ3v) is 3.44. The fraction of sp³-hybridized carbons (Fsp3) is 0.571. The molecule has 17 heavy (non-hydrogen) atoms. The van der Waals surface area contributed by atoms with Gasteiger partial charge in [-0.3, -0.25) is 0 Å². The van der Waals surface area contributed by atoms with Gasteiger partial charge in [-0.2, -0.15) is 0 Å². The highest BCUT2D eigenvalue weighted by Crippen LogP contribution is 2.24. The van der Waals surface area contributed by atoms with Gasteiger partial charge < -0.3 is 9.80 Å². The SMILES string of the molecule is CC(C)c1cc(F)cc(N2CCN(C)CC2)c1. The van der Waals surface area contributed by atoms with Crippen molar-refractivity contribution in [3.8, 4) is 0 Å². The highest BCUT2D eigenvalue weighted by molar-refractivity contribution is 5.50. The van der Waals surface area contributed by atoms with Gasteiger partial charge in [0.2, 0.25) is 0 Å². The van der Waals surface area contributed by atoms with E-state index in [1.54, 1.807) is 12.1 Å². The van der Waals surface area contributed by atoms with Gasteiger partial charge in [0.25, 0.3) is 0 Å². The Kier molecular flexibility index (Phi) is 3.67. The molecular formula is C14H21FN2. The number of halogens is 1. The summed E-state index contributed by atoms with van der Waals surface area (Å²) in [6.07, 6.45) is 0. The maximum Gasteiger partial charge on any atom is 0.125 e. The van der Waals surface area contributed by atoms with Crippen molar-refractivity contribution < 1.29 is 4.39 Å². The average molecular weight is 236 g/mol. The zero-order valence-corrected chi connectivity index (χ0v) is 10.9. The van der Waals surface area contributed by atoms with Crippen molar-refractivity contribution in [3.63, 3.8) is 0 Å². The molecular weight excluding hydrogens is 215 g/mol. The molecule has 1 aliphatic rings. The van der Waals surface area contributed by atoms with Gasteiger partial charge in [-0.05, 0) is 36.7 Å². The second-order valence-corrected chi connectivity index (χ2v) is 5.19. The predicted molar refractivity (Wildman–Crippen MR) is 70.2 cm³/mol. The van der Waals surface area contributed by atoms with Gasteiger partial charge in [-0.15, -0.1) is 0 Å². The lowest BCUT2D eigenvalue weighted by Crippen LogP contribution is -2.44. The van der Waals surface area contributed by atoms with Crippen molar-refractivity contribution in [2.45, 2.75) is 19.8 Å². The fourth-order valence-electron chi connectivity index (χ4n) is 2.18. The summed E-state index contributed by atoms with van der Waals surface area (Å²) in [6, 6.07) is 5.42. The largest absolute Gasteiger partial charge is 0.369 e. The van der Waals surface area contributed by atoms with Crippen LogP contribution in [0.5, 0.6) is 0 Å². The Bertz CT molecular complexity index is 382. The molecule has 1 aromatic carbocycles. The van der Waals surface area contributed by atoms with Crippen molar-refractivity contribution in [1.29, 1.82) is 0 Å². The Morgan fingerprint density at radius 3 is 2.29 bits per heavy atom. The van der Waals surface area contributed by atoms with Gasteiger partial charge in [0.05, 0.1) is 0 Å². The van der Waals surface area contributed by atoms with Gasteiger partial charge >= 0.3 is 0 Å². The van der Waals surface area contributed by atoms with Crippen LogP contribution >= 0.6 is 0 Å². The number of nitrogens with zero attached hydrogens (tertiary/aromatic N) is 2. The van der Waals surface area contributed by atoms with Crippen LogP contribution in [0.25, 0.3) is 0 Å². The standard InChI is InChI=1S/C14H21FN2/c1-11(2)12-8-13(15)10-14(9-12)17-6-4-16(3)5-7-17/h8-11H,4-7H2,1-3H3. The Morgan fingerprint density at radius 1 is 1.06 bits per heavy atom.